The molecular formula is C7H11FO2S. The fourth-order valence-electron chi connectivity index (χ4n) is 1.23. The topological polar surface area (TPSA) is 37.3 Å². The van der Waals surface area contributed by atoms with E-state index in [1.54, 1.807) is 11.8 Å². The molecule has 1 N–H and O–H groups in total. The van der Waals surface area contributed by atoms with Crippen LogP contribution in [-0.4, -0.2) is 28.8 Å². The molecule has 1 heterocycles. The van der Waals surface area contributed by atoms with Crippen LogP contribution in [-0.2, 0) is 4.79 Å². The van der Waals surface area contributed by atoms with E-state index in [2.05, 4.69) is 0 Å². The number of hydrogen-bond acceptors (Lipinski definition) is 2. The zero-order chi connectivity index (χ0) is 8.43. The maximum absolute atomic E-state index is 12.9. The van der Waals surface area contributed by atoms with Crippen molar-refractivity contribution in [3.8, 4) is 0 Å². The molecule has 0 spiro atoms. The number of halogens is 1. The summed E-state index contributed by atoms with van der Waals surface area (Å²) in [4.78, 5) is 10.2. The van der Waals surface area contributed by atoms with Crippen molar-refractivity contribution in [2.24, 2.45) is 11.8 Å². The average Bonchev–Trinajstić information content (AvgIpc) is 2.33. The summed E-state index contributed by atoms with van der Waals surface area (Å²) in [7, 11) is 0. The van der Waals surface area contributed by atoms with Gasteiger partial charge < -0.3 is 5.11 Å². The Morgan fingerprint density at radius 1 is 1.73 bits per heavy atom. The first kappa shape index (κ1) is 8.84. The zero-order valence-electron chi connectivity index (χ0n) is 6.29. The third kappa shape index (κ3) is 1.86. The van der Waals surface area contributed by atoms with Crippen LogP contribution in [0.25, 0.3) is 0 Å². The first-order valence-electron chi connectivity index (χ1n) is 3.57. The van der Waals surface area contributed by atoms with Crippen LogP contribution in [0.5, 0.6) is 0 Å². The highest BCUT2D eigenvalue weighted by molar-refractivity contribution is 7.99. The van der Waals surface area contributed by atoms with Gasteiger partial charge in [0.2, 0.25) is 6.17 Å². The molecule has 1 aliphatic rings. The van der Waals surface area contributed by atoms with Crippen molar-refractivity contribution < 1.29 is 14.3 Å². The van der Waals surface area contributed by atoms with Gasteiger partial charge in [0.05, 0.1) is 0 Å². The van der Waals surface area contributed by atoms with E-state index in [1.807, 2.05) is 6.92 Å². The quantitative estimate of drug-likeness (QED) is 0.694. The molecule has 3 atom stereocenters. The predicted molar refractivity (Wildman–Crippen MR) is 42.5 cm³/mol. The van der Waals surface area contributed by atoms with E-state index in [9.17, 15) is 9.18 Å². The molecule has 11 heavy (non-hydrogen) atoms. The molecule has 0 amide bonds. The van der Waals surface area contributed by atoms with Gasteiger partial charge in [-0.2, -0.15) is 11.8 Å². The first-order chi connectivity index (χ1) is 5.13. The van der Waals surface area contributed by atoms with Crippen LogP contribution in [0.4, 0.5) is 4.39 Å². The van der Waals surface area contributed by atoms with Crippen molar-refractivity contribution >= 4 is 17.7 Å². The summed E-state index contributed by atoms with van der Waals surface area (Å²) < 4.78 is 12.9. The fourth-order valence-corrected chi connectivity index (χ4v) is 2.76. The number of rotatable bonds is 2. The molecule has 1 aliphatic heterocycles. The molecule has 1 rings (SSSR count). The van der Waals surface area contributed by atoms with E-state index in [0.29, 0.717) is 5.75 Å². The fraction of sp³-hybridized carbons (Fsp3) is 0.857. The van der Waals surface area contributed by atoms with E-state index in [1.165, 1.54) is 0 Å². The highest BCUT2D eigenvalue weighted by atomic mass is 32.2. The van der Waals surface area contributed by atoms with Crippen molar-refractivity contribution in [1.82, 2.24) is 0 Å². The van der Waals surface area contributed by atoms with Gasteiger partial charge in [-0.3, -0.25) is 0 Å². The van der Waals surface area contributed by atoms with Crippen molar-refractivity contribution in [3.63, 3.8) is 0 Å². The van der Waals surface area contributed by atoms with Crippen molar-refractivity contribution in [3.05, 3.63) is 0 Å². The molecule has 0 radical (unpaired) electrons. The second kappa shape index (κ2) is 3.43. The SMILES string of the molecule is CC1CSCC1C(F)C(=O)O. The van der Waals surface area contributed by atoms with Gasteiger partial charge in [0.25, 0.3) is 0 Å². The summed E-state index contributed by atoms with van der Waals surface area (Å²) >= 11 is 1.63. The molecule has 64 valence electrons. The Morgan fingerprint density at radius 3 is 2.73 bits per heavy atom. The van der Waals surface area contributed by atoms with Gasteiger partial charge in [-0.25, -0.2) is 9.18 Å². The lowest BCUT2D eigenvalue weighted by molar-refractivity contribution is -0.145. The van der Waals surface area contributed by atoms with Gasteiger partial charge in [-0.15, -0.1) is 0 Å². The van der Waals surface area contributed by atoms with Gasteiger partial charge in [-0.05, 0) is 17.4 Å². The number of aliphatic carboxylic acids is 1. The molecule has 0 aromatic rings. The molecule has 0 saturated carbocycles. The minimum atomic E-state index is -1.67. The smallest absolute Gasteiger partial charge is 0.338 e. The molecule has 0 aliphatic carbocycles. The van der Waals surface area contributed by atoms with E-state index >= 15 is 0 Å². The Bertz CT molecular complexity index is 163. The monoisotopic (exact) mass is 178 g/mol. The largest absolute Gasteiger partial charge is 0.479 e. The maximum atomic E-state index is 12.9. The van der Waals surface area contributed by atoms with Crippen LogP contribution in [0.3, 0.4) is 0 Å². The summed E-state index contributed by atoms with van der Waals surface area (Å²) in [5, 5.41) is 8.38. The third-order valence-corrected chi connectivity index (χ3v) is 3.42. The number of carbonyl (C=O) groups is 1. The lowest BCUT2D eigenvalue weighted by atomic mass is 9.93. The molecule has 1 fully saturated rings. The van der Waals surface area contributed by atoms with E-state index in [4.69, 9.17) is 5.11 Å². The summed E-state index contributed by atoms with van der Waals surface area (Å²) in [6.45, 7) is 1.90. The lowest BCUT2D eigenvalue weighted by Gasteiger charge is -2.14. The van der Waals surface area contributed by atoms with Crippen LogP contribution in [0, 0.1) is 11.8 Å². The standard InChI is InChI=1S/C7H11FO2S/c1-4-2-11-3-5(4)6(8)7(9)10/h4-6H,2-3H2,1H3,(H,9,10). The Balaban J connectivity index is 2.52. The number of hydrogen-bond donors (Lipinski definition) is 1. The normalized spacial score (nSPS) is 33.6. The van der Waals surface area contributed by atoms with Gasteiger partial charge in [0, 0.05) is 5.92 Å². The minimum Gasteiger partial charge on any atom is -0.479 e. The number of carboxylic acids is 1. The van der Waals surface area contributed by atoms with Crippen LogP contribution < -0.4 is 0 Å². The first-order valence-corrected chi connectivity index (χ1v) is 4.73. The second-order valence-corrected chi connectivity index (χ2v) is 3.99. The van der Waals surface area contributed by atoms with Gasteiger partial charge in [-0.1, -0.05) is 6.92 Å². The predicted octanol–water partition coefficient (Wildman–Crippen LogP) is 1.41. The summed E-state index contributed by atoms with van der Waals surface area (Å²) in [6, 6.07) is 0. The van der Waals surface area contributed by atoms with Crippen molar-refractivity contribution in [2.45, 2.75) is 13.1 Å². The van der Waals surface area contributed by atoms with Crippen LogP contribution >= 0.6 is 11.8 Å². The second-order valence-electron chi connectivity index (χ2n) is 2.92. The number of thioether (sulfide) groups is 1. The highest BCUT2D eigenvalue weighted by Crippen LogP contribution is 2.33. The number of alkyl halides is 1. The Labute approximate surface area is 69.2 Å². The van der Waals surface area contributed by atoms with E-state index in [-0.39, 0.29) is 11.8 Å². The van der Waals surface area contributed by atoms with Gasteiger partial charge in [0.1, 0.15) is 0 Å². The molecule has 4 heteroatoms. The summed E-state index contributed by atoms with van der Waals surface area (Å²) in [5.74, 6) is 0.139. The van der Waals surface area contributed by atoms with Crippen LogP contribution in [0.1, 0.15) is 6.92 Å². The molecule has 0 aromatic heterocycles. The zero-order valence-corrected chi connectivity index (χ0v) is 7.10. The number of carboxylic acid groups (broad SMARTS) is 1. The Hall–Kier alpha value is -0.250. The Morgan fingerprint density at radius 2 is 2.36 bits per heavy atom. The third-order valence-electron chi connectivity index (χ3n) is 2.03. The highest BCUT2D eigenvalue weighted by Gasteiger charge is 2.35. The summed E-state index contributed by atoms with van der Waals surface area (Å²) in [6.07, 6.45) is -1.67. The van der Waals surface area contributed by atoms with Crippen LogP contribution in [0.15, 0.2) is 0 Å². The van der Waals surface area contributed by atoms with Crippen molar-refractivity contribution in [2.75, 3.05) is 11.5 Å². The van der Waals surface area contributed by atoms with Crippen LogP contribution in [0.2, 0.25) is 0 Å². The van der Waals surface area contributed by atoms with Gasteiger partial charge in [0.15, 0.2) is 0 Å². The molecule has 0 aromatic carbocycles. The Kier molecular flexibility index (Phi) is 2.76. The average molecular weight is 178 g/mol. The molecule has 2 nitrogen and oxygen atoms in total. The molecule has 1 saturated heterocycles. The molecule has 3 unspecified atom stereocenters. The minimum absolute atomic E-state index is 0.200. The van der Waals surface area contributed by atoms with E-state index < -0.39 is 12.1 Å². The van der Waals surface area contributed by atoms with Gasteiger partial charge >= 0.3 is 5.97 Å². The lowest BCUT2D eigenvalue weighted by Crippen LogP contribution is -2.29. The molecule has 0 bridgehead atoms. The maximum Gasteiger partial charge on any atom is 0.338 e. The van der Waals surface area contributed by atoms with Crippen molar-refractivity contribution in [1.29, 1.82) is 0 Å². The summed E-state index contributed by atoms with van der Waals surface area (Å²) in [5.41, 5.74) is 0. The van der Waals surface area contributed by atoms with E-state index in [0.717, 1.165) is 5.75 Å². The molecular weight excluding hydrogens is 167 g/mol.